The van der Waals surface area contributed by atoms with Crippen molar-refractivity contribution in [3.8, 4) is 11.3 Å². The molecule has 8 nitrogen and oxygen atoms in total. The average molecular weight is 413 g/mol. The highest BCUT2D eigenvalue weighted by atomic mass is 16.1. The van der Waals surface area contributed by atoms with E-state index >= 15 is 0 Å². The highest BCUT2D eigenvalue weighted by Crippen LogP contribution is 2.33. The third-order valence-electron chi connectivity index (χ3n) is 5.68. The molecule has 3 aromatic heterocycles. The monoisotopic (exact) mass is 413 g/mol. The van der Waals surface area contributed by atoms with Crippen LogP contribution in [-0.2, 0) is 11.8 Å². The third-order valence-corrected chi connectivity index (χ3v) is 5.68. The second-order valence-electron chi connectivity index (χ2n) is 7.76. The number of rotatable bonds is 6. The number of hydrogen-bond acceptors (Lipinski definition) is 5. The lowest BCUT2D eigenvalue weighted by Gasteiger charge is -2.25. The first-order chi connectivity index (χ1) is 15.1. The van der Waals surface area contributed by atoms with E-state index in [0.717, 1.165) is 33.5 Å². The number of carbonyl (C=O) groups excluding carboxylic acids is 1. The van der Waals surface area contributed by atoms with Crippen LogP contribution in [0.3, 0.4) is 0 Å². The van der Waals surface area contributed by atoms with Gasteiger partial charge in [-0.1, -0.05) is 12.6 Å². The van der Waals surface area contributed by atoms with Gasteiger partial charge >= 0.3 is 0 Å². The molecule has 0 bridgehead atoms. The molecule has 1 fully saturated rings. The largest absolute Gasteiger partial charge is 0.350 e. The maximum absolute atomic E-state index is 11.6. The van der Waals surface area contributed by atoms with Crippen molar-refractivity contribution in [2.75, 3.05) is 10.6 Å². The molecule has 1 aliphatic rings. The zero-order valence-corrected chi connectivity index (χ0v) is 17.2. The maximum atomic E-state index is 11.6. The number of fused-ring (bicyclic) bond motifs is 1. The molecule has 4 aromatic rings. The van der Waals surface area contributed by atoms with Gasteiger partial charge in [-0.2, -0.15) is 5.10 Å². The van der Waals surface area contributed by atoms with Gasteiger partial charge < -0.3 is 15.2 Å². The van der Waals surface area contributed by atoms with Crippen molar-refractivity contribution >= 4 is 34.1 Å². The highest BCUT2D eigenvalue weighted by molar-refractivity contribution is 6.02. The summed E-state index contributed by atoms with van der Waals surface area (Å²) in [4.78, 5) is 20.7. The number of benzene rings is 1. The van der Waals surface area contributed by atoms with Crippen molar-refractivity contribution in [3.05, 3.63) is 61.7 Å². The zero-order chi connectivity index (χ0) is 21.4. The van der Waals surface area contributed by atoms with Gasteiger partial charge in [-0.25, -0.2) is 9.97 Å². The Kier molecular flexibility index (Phi) is 4.74. The number of nitrogens with one attached hydrogen (secondary N) is 2. The second-order valence-corrected chi connectivity index (χ2v) is 7.76. The summed E-state index contributed by atoms with van der Waals surface area (Å²) in [7, 11) is 1.97. The number of anilines is 3. The Morgan fingerprint density at radius 1 is 1.23 bits per heavy atom. The lowest BCUT2D eigenvalue weighted by atomic mass is 9.93. The highest BCUT2D eigenvalue weighted by Gasteiger charge is 2.20. The van der Waals surface area contributed by atoms with Crippen LogP contribution in [0.5, 0.6) is 0 Å². The molecular weight excluding hydrogens is 390 g/mol. The molecule has 1 aliphatic carbocycles. The molecular formula is C23H23N7O. The van der Waals surface area contributed by atoms with Gasteiger partial charge in [0.25, 0.3) is 0 Å². The molecule has 1 aromatic carbocycles. The Bertz CT molecular complexity index is 1280. The fourth-order valence-corrected chi connectivity index (χ4v) is 3.81. The lowest BCUT2D eigenvalue weighted by Crippen LogP contribution is -2.17. The molecule has 8 heteroatoms. The topological polar surface area (TPSA) is 89.7 Å². The van der Waals surface area contributed by atoms with E-state index in [1.807, 2.05) is 59.2 Å². The first kappa shape index (κ1) is 19.0. The van der Waals surface area contributed by atoms with E-state index in [0.29, 0.717) is 12.0 Å². The van der Waals surface area contributed by atoms with Gasteiger partial charge in [0.2, 0.25) is 11.9 Å². The number of aromatic nitrogens is 5. The van der Waals surface area contributed by atoms with Crippen molar-refractivity contribution in [1.82, 2.24) is 24.3 Å². The van der Waals surface area contributed by atoms with Crippen LogP contribution in [-0.4, -0.2) is 30.2 Å². The normalized spacial score (nSPS) is 13.7. The van der Waals surface area contributed by atoms with Crippen LogP contribution in [0.1, 0.15) is 25.3 Å². The van der Waals surface area contributed by atoms with Gasteiger partial charge in [-0.05, 0) is 43.5 Å². The molecule has 0 atom stereocenters. The van der Waals surface area contributed by atoms with Gasteiger partial charge in [0.1, 0.15) is 0 Å². The van der Waals surface area contributed by atoms with Crippen LogP contribution in [0.25, 0.3) is 22.2 Å². The summed E-state index contributed by atoms with van der Waals surface area (Å²) in [5, 5.41) is 11.6. The molecule has 2 N–H and O–H groups in total. The van der Waals surface area contributed by atoms with E-state index in [4.69, 9.17) is 4.98 Å². The molecule has 0 saturated heterocycles. The van der Waals surface area contributed by atoms with E-state index in [1.165, 1.54) is 25.3 Å². The quantitative estimate of drug-likeness (QED) is 0.457. The number of aryl methyl sites for hydroxylation is 1. The standard InChI is InChI=1S/C23H23N7O/c1-3-22(31)26-15-7-8-18-19(14-29(2)21(18)11-15)20-9-10-24-23(28-20)27-16-12-25-30(13-16)17-5-4-6-17/h3,7-14,17H,1,4-6H2,2H3,(H,26,31)(H,24,27,28). The third kappa shape index (κ3) is 3.68. The maximum Gasteiger partial charge on any atom is 0.247 e. The number of amides is 1. The van der Waals surface area contributed by atoms with Gasteiger partial charge in [0, 0.05) is 42.3 Å². The van der Waals surface area contributed by atoms with Crippen LogP contribution in [0.15, 0.2) is 61.7 Å². The smallest absolute Gasteiger partial charge is 0.247 e. The first-order valence-corrected chi connectivity index (χ1v) is 10.3. The predicted molar refractivity (Wildman–Crippen MR) is 121 cm³/mol. The van der Waals surface area contributed by atoms with Crippen LogP contribution >= 0.6 is 0 Å². The molecule has 0 spiro atoms. The fraction of sp³-hybridized carbons (Fsp3) is 0.217. The van der Waals surface area contributed by atoms with Gasteiger partial charge in [-0.3, -0.25) is 9.48 Å². The van der Waals surface area contributed by atoms with Crippen LogP contribution in [0, 0.1) is 0 Å². The Hall–Kier alpha value is -3.94. The van der Waals surface area contributed by atoms with Gasteiger partial charge in [-0.15, -0.1) is 0 Å². The summed E-state index contributed by atoms with van der Waals surface area (Å²) in [6.45, 7) is 3.49. The summed E-state index contributed by atoms with van der Waals surface area (Å²) in [6.07, 6.45) is 12.5. The Morgan fingerprint density at radius 3 is 2.87 bits per heavy atom. The number of carbonyl (C=O) groups is 1. The summed E-state index contributed by atoms with van der Waals surface area (Å²) in [6, 6.07) is 8.21. The van der Waals surface area contributed by atoms with Crippen LogP contribution in [0.4, 0.5) is 17.3 Å². The minimum Gasteiger partial charge on any atom is -0.350 e. The van der Waals surface area contributed by atoms with Crippen molar-refractivity contribution in [2.45, 2.75) is 25.3 Å². The van der Waals surface area contributed by atoms with E-state index < -0.39 is 0 Å². The fourth-order valence-electron chi connectivity index (χ4n) is 3.81. The summed E-state index contributed by atoms with van der Waals surface area (Å²) < 4.78 is 4.04. The Labute approximate surface area is 179 Å². The molecule has 0 unspecified atom stereocenters. The zero-order valence-electron chi connectivity index (χ0n) is 17.2. The molecule has 156 valence electrons. The minimum absolute atomic E-state index is 0.235. The molecule has 0 aliphatic heterocycles. The van der Waals surface area contributed by atoms with E-state index in [2.05, 4.69) is 27.3 Å². The molecule has 1 amide bonds. The summed E-state index contributed by atoms with van der Waals surface area (Å²) >= 11 is 0. The Morgan fingerprint density at radius 2 is 2.10 bits per heavy atom. The van der Waals surface area contributed by atoms with Crippen LogP contribution < -0.4 is 10.6 Å². The van der Waals surface area contributed by atoms with Crippen molar-refractivity contribution < 1.29 is 4.79 Å². The minimum atomic E-state index is -0.235. The molecule has 31 heavy (non-hydrogen) atoms. The molecule has 1 saturated carbocycles. The molecule has 3 heterocycles. The van der Waals surface area contributed by atoms with Gasteiger partial charge in [0.05, 0.1) is 29.1 Å². The van der Waals surface area contributed by atoms with Gasteiger partial charge in [0.15, 0.2) is 0 Å². The molecule has 5 rings (SSSR count). The summed E-state index contributed by atoms with van der Waals surface area (Å²) in [5.74, 6) is 0.290. The lowest BCUT2D eigenvalue weighted by molar-refractivity contribution is -0.111. The van der Waals surface area contributed by atoms with Crippen molar-refractivity contribution in [2.24, 2.45) is 7.05 Å². The summed E-state index contributed by atoms with van der Waals surface area (Å²) in [5.41, 5.74) is 4.40. The van der Waals surface area contributed by atoms with Crippen molar-refractivity contribution in [3.63, 3.8) is 0 Å². The van der Waals surface area contributed by atoms with E-state index in [9.17, 15) is 4.79 Å². The number of nitrogens with zero attached hydrogens (tertiary/aromatic N) is 5. The first-order valence-electron chi connectivity index (χ1n) is 10.3. The van der Waals surface area contributed by atoms with E-state index in [-0.39, 0.29) is 5.91 Å². The Balaban J connectivity index is 1.43. The SMILES string of the molecule is C=CC(=O)Nc1ccc2c(-c3ccnc(Nc4cnn(C5CCC5)c4)n3)cn(C)c2c1. The second kappa shape index (κ2) is 7.71. The molecule has 0 radical (unpaired) electrons. The number of hydrogen-bond donors (Lipinski definition) is 2. The average Bonchev–Trinajstić information content (AvgIpc) is 3.31. The van der Waals surface area contributed by atoms with Crippen LogP contribution in [0.2, 0.25) is 0 Å². The van der Waals surface area contributed by atoms with Crippen molar-refractivity contribution in [1.29, 1.82) is 0 Å². The predicted octanol–water partition coefficient (Wildman–Crippen LogP) is 4.42. The van der Waals surface area contributed by atoms with E-state index in [1.54, 1.807) is 6.20 Å².